The summed E-state index contributed by atoms with van der Waals surface area (Å²) in [7, 11) is 0. The predicted octanol–water partition coefficient (Wildman–Crippen LogP) is 3.49. The van der Waals surface area contributed by atoms with Crippen LogP contribution in [0.4, 0.5) is 5.82 Å². The van der Waals surface area contributed by atoms with Gasteiger partial charge in [0, 0.05) is 12.7 Å². The minimum absolute atomic E-state index is 0.397. The Morgan fingerprint density at radius 3 is 2.72 bits per heavy atom. The average Bonchev–Trinajstić information content (AvgIpc) is 2.38. The van der Waals surface area contributed by atoms with Crippen molar-refractivity contribution in [2.45, 2.75) is 45.4 Å². The summed E-state index contributed by atoms with van der Waals surface area (Å²) in [6.45, 7) is 3.17. The summed E-state index contributed by atoms with van der Waals surface area (Å²) in [6, 6.07) is 3.75. The minimum Gasteiger partial charge on any atom is -0.389 e. The van der Waals surface area contributed by atoms with E-state index in [1.165, 1.54) is 32.1 Å². The molecule has 0 saturated heterocycles. The van der Waals surface area contributed by atoms with Gasteiger partial charge in [0.05, 0.1) is 5.56 Å². The normalized spacial score (nSPS) is 10.3. The third-order valence-corrected chi connectivity index (χ3v) is 3.12. The number of hydrogen-bond acceptors (Lipinski definition) is 3. The van der Waals surface area contributed by atoms with Crippen molar-refractivity contribution in [2.75, 3.05) is 11.9 Å². The molecule has 4 heteroatoms. The first-order chi connectivity index (χ1) is 8.75. The molecule has 1 aromatic heterocycles. The second-order valence-electron chi connectivity index (χ2n) is 4.46. The minimum atomic E-state index is 0.397. The Labute approximate surface area is 115 Å². The zero-order valence-electron chi connectivity index (χ0n) is 11.1. The van der Waals surface area contributed by atoms with Gasteiger partial charge in [-0.05, 0) is 18.6 Å². The summed E-state index contributed by atoms with van der Waals surface area (Å²) < 4.78 is 0. The van der Waals surface area contributed by atoms with Gasteiger partial charge in [0.15, 0.2) is 0 Å². The number of hydrogen-bond donors (Lipinski definition) is 2. The lowest BCUT2D eigenvalue weighted by molar-refractivity contribution is 0.617. The van der Waals surface area contributed by atoms with Crippen molar-refractivity contribution >= 4 is 23.0 Å². The number of pyridine rings is 1. The molecule has 0 aliphatic carbocycles. The highest BCUT2D eigenvalue weighted by Crippen LogP contribution is 2.11. The van der Waals surface area contributed by atoms with Crippen molar-refractivity contribution in [2.24, 2.45) is 5.73 Å². The predicted molar refractivity (Wildman–Crippen MR) is 82.0 cm³/mol. The Balaban J connectivity index is 2.25. The zero-order chi connectivity index (χ0) is 13.2. The van der Waals surface area contributed by atoms with Gasteiger partial charge in [-0.1, -0.05) is 51.2 Å². The third kappa shape index (κ3) is 5.45. The Hall–Kier alpha value is -1.16. The Morgan fingerprint density at radius 2 is 2.00 bits per heavy atom. The van der Waals surface area contributed by atoms with Crippen LogP contribution < -0.4 is 11.1 Å². The number of nitrogens with one attached hydrogen (secondary N) is 1. The molecule has 0 atom stereocenters. The molecular weight excluding hydrogens is 242 g/mol. The van der Waals surface area contributed by atoms with E-state index < -0.39 is 0 Å². The molecule has 1 heterocycles. The van der Waals surface area contributed by atoms with Gasteiger partial charge in [-0.15, -0.1) is 0 Å². The maximum atomic E-state index is 5.65. The standard InChI is InChI=1S/C14H23N3S/c1-2-3-4-5-6-7-10-16-14-12(13(15)18)9-8-11-17-14/h8-9,11H,2-7,10H2,1H3,(H2,15,18)(H,16,17). The summed E-state index contributed by atoms with van der Waals surface area (Å²) in [5, 5.41) is 3.31. The van der Waals surface area contributed by atoms with Crippen LogP contribution in [-0.4, -0.2) is 16.5 Å². The highest BCUT2D eigenvalue weighted by atomic mass is 32.1. The summed E-state index contributed by atoms with van der Waals surface area (Å²) in [5.74, 6) is 0.804. The summed E-state index contributed by atoms with van der Waals surface area (Å²) in [4.78, 5) is 4.67. The molecule has 0 bridgehead atoms. The van der Waals surface area contributed by atoms with Gasteiger partial charge in [-0.25, -0.2) is 4.98 Å². The molecule has 0 unspecified atom stereocenters. The number of nitrogens with two attached hydrogens (primary N) is 1. The molecular formula is C14H23N3S. The van der Waals surface area contributed by atoms with Crippen LogP contribution in [-0.2, 0) is 0 Å². The van der Waals surface area contributed by atoms with Crippen LogP contribution in [0.5, 0.6) is 0 Å². The van der Waals surface area contributed by atoms with Crippen molar-refractivity contribution in [3.63, 3.8) is 0 Å². The number of anilines is 1. The van der Waals surface area contributed by atoms with Gasteiger partial charge in [0.25, 0.3) is 0 Å². The Kier molecular flexibility index (Phi) is 7.34. The van der Waals surface area contributed by atoms with Crippen molar-refractivity contribution in [3.8, 4) is 0 Å². The number of aromatic nitrogens is 1. The second kappa shape index (κ2) is 8.86. The van der Waals surface area contributed by atoms with E-state index in [2.05, 4.69) is 17.2 Å². The van der Waals surface area contributed by atoms with Crippen LogP contribution in [0.15, 0.2) is 18.3 Å². The van der Waals surface area contributed by atoms with E-state index in [1.807, 2.05) is 12.1 Å². The Bertz CT molecular complexity index is 366. The first-order valence-electron chi connectivity index (χ1n) is 6.74. The van der Waals surface area contributed by atoms with E-state index in [1.54, 1.807) is 6.20 Å². The molecule has 0 amide bonds. The summed E-state index contributed by atoms with van der Waals surface area (Å²) in [6.07, 6.45) is 9.49. The maximum absolute atomic E-state index is 5.65. The van der Waals surface area contributed by atoms with Crippen LogP contribution >= 0.6 is 12.2 Å². The SMILES string of the molecule is CCCCCCCCNc1ncccc1C(N)=S. The first kappa shape index (κ1) is 14.9. The van der Waals surface area contributed by atoms with E-state index in [0.29, 0.717) is 4.99 Å². The van der Waals surface area contributed by atoms with E-state index in [4.69, 9.17) is 18.0 Å². The third-order valence-electron chi connectivity index (χ3n) is 2.90. The van der Waals surface area contributed by atoms with E-state index in [0.717, 1.165) is 24.3 Å². The number of unbranched alkanes of at least 4 members (excludes halogenated alkanes) is 5. The smallest absolute Gasteiger partial charge is 0.136 e. The molecule has 0 aromatic carbocycles. The van der Waals surface area contributed by atoms with Crippen molar-refractivity contribution in [3.05, 3.63) is 23.9 Å². The fourth-order valence-corrected chi connectivity index (χ4v) is 2.02. The second-order valence-corrected chi connectivity index (χ2v) is 4.90. The van der Waals surface area contributed by atoms with E-state index in [-0.39, 0.29) is 0 Å². The van der Waals surface area contributed by atoms with Gasteiger partial charge in [-0.3, -0.25) is 0 Å². The fourth-order valence-electron chi connectivity index (χ4n) is 1.86. The molecule has 1 rings (SSSR count). The molecule has 0 saturated carbocycles. The lowest BCUT2D eigenvalue weighted by atomic mass is 10.1. The highest BCUT2D eigenvalue weighted by molar-refractivity contribution is 7.80. The van der Waals surface area contributed by atoms with Crippen LogP contribution in [0.1, 0.15) is 51.0 Å². The van der Waals surface area contributed by atoms with E-state index in [9.17, 15) is 0 Å². The largest absolute Gasteiger partial charge is 0.389 e. The molecule has 3 nitrogen and oxygen atoms in total. The summed E-state index contributed by atoms with van der Waals surface area (Å²) in [5.41, 5.74) is 6.48. The number of rotatable bonds is 9. The van der Waals surface area contributed by atoms with Gasteiger partial charge < -0.3 is 11.1 Å². The molecule has 0 radical (unpaired) electrons. The van der Waals surface area contributed by atoms with Crippen LogP contribution in [0, 0.1) is 0 Å². The molecule has 0 spiro atoms. The molecule has 0 aliphatic rings. The molecule has 18 heavy (non-hydrogen) atoms. The van der Waals surface area contributed by atoms with Crippen molar-refractivity contribution in [1.29, 1.82) is 0 Å². The van der Waals surface area contributed by atoms with Gasteiger partial charge in [0.1, 0.15) is 10.8 Å². The monoisotopic (exact) mass is 265 g/mol. The van der Waals surface area contributed by atoms with Gasteiger partial charge in [0.2, 0.25) is 0 Å². The first-order valence-corrected chi connectivity index (χ1v) is 7.15. The van der Waals surface area contributed by atoms with Crippen molar-refractivity contribution in [1.82, 2.24) is 4.98 Å². The number of nitrogens with zero attached hydrogens (tertiary/aromatic N) is 1. The average molecular weight is 265 g/mol. The van der Waals surface area contributed by atoms with Gasteiger partial charge in [-0.2, -0.15) is 0 Å². The summed E-state index contributed by atoms with van der Waals surface area (Å²) >= 11 is 5.00. The molecule has 0 fully saturated rings. The van der Waals surface area contributed by atoms with Crippen molar-refractivity contribution < 1.29 is 0 Å². The Morgan fingerprint density at radius 1 is 1.28 bits per heavy atom. The van der Waals surface area contributed by atoms with Gasteiger partial charge >= 0.3 is 0 Å². The molecule has 1 aromatic rings. The molecule has 0 aliphatic heterocycles. The lowest BCUT2D eigenvalue weighted by Gasteiger charge is -2.09. The van der Waals surface area contributed by atoms with Crippen LogP contribution in [0.25, 0.3) is 0 Å². The van der Waals surface area contributed by atoms with E-state index >= 15 is 0 Å². The van der Waals surface area contributed by atoms with Crippen LogP contribution in [0.2, 0.25) is 0 Å². The van der Waals surface area contributed by atoms with Crippen LogP contribution in [0.3, 0.4) is 0 Å². The fraction of sp³-hybridized carbons (Fsp3) is 0.571. The lowest BCUT2D eigenvalue weighted by Crippen LogP contribution is -2.14. The molecule has 100 valence electrons. The number of thiocarbonyl (C=S) groups is 1. The molecule has 3 N–H and O–H groups in total. The quantitative estimate of drug-likeness (QED) is 0.530. The zero-order valence-corrected chi connectivity index (χ0v) is 11.9. The topological polar surface area (TPSA) is 50.9 Å². The highest BCUT2D eigenvalue weighted by Gasteiger charge is 2.04. The maximum Gasteiger partial charge on any atom is 0.136 e.